The number of aliphatic hydroxyl groups is 9. The van der Waals surface area contributed by atoms with Crippen molar-refractivity contribution < 1.29 is 69.6 Å². The van der Waals surface area contributed by atoms with E-state index in [1.54, 1.807) is 0 Å². The van der Waals surface area contributed by atoms with Crippen LogP contribution in [0.3, 0.4) is 0 Å². The van der Waals surface area contributed by atoms with E-state index >= 15 is 0 Å². The maximum absolute atomic E-state index is 12.3. The van der Waals surface area contributed by atoms with Crippen molar-refractivity contribution in [1.82, 2.24) is 0 Å². The third kappa shape index (κ3) is 5.63. The van der Waals surface area contributed by atoms with Gasteiger partial charge in [-0.3, -0.25) is 0 Å². The smallest absolute Gasteiger partial charge is 0.187 e. The van der Waals surface area contributed by atoms with Crippen LogP contribution in [0, 0.1) is 44.8 Å². The first-order valence-electron chi connectivity index (χ1n) is 20.9. The zero-order valence-electron chi connectivity index (χ0n) is 33.6. The molecule has 0 bridgehead atoms. The molecular formula is C41H68O14. The summed E-state index contributed by atoms with van der Waals surface area (Å²) >= 11 is 0. The van der Waals surface area contributed by atoms with Gasteiger partial charge >= 0.3 is 0 Å². The van der Waals surface area contributed by atoms with E-state index in [9.17, 15) is 46.0 Å². The number of hydrogen-bond donors (Lipinski definition) is 9. The molecule has 0 aromatic rings. The molecule has 316 valence electrons. The van der Waals surface area contributed by atoms with Crippen LogP contribution in [0.15, 0.2) is 0 Å². The fourth-order valence-corrected chi connectivity index (χ4v) is 15.0. The second-order valence-electron chi connectivity index (χ2n) is 21.0. The fraction of sp³-hybridized carbons (Fsp3) is 1.00. The molecule has 0 radical (unpaired) electrons. The highest BCUT2D eigenvalue weighted by atomic mass is 16.7. The number of ether oxygens (including phenoxy) is 5. The first-order chi connectivity index (χ1) is 25.5. The highest BCUT2D eigenvalue weighted by Crippen LogP contribution is 2.89. The lowest BCUT2D eigenvalue weighted by Crippen LogP contribution is -2.63. The van der Waals surface area contributed by atoms with Crippen LogP contribution >= 0.6 is 0 Å². The first-order valence-corrected chi connectivity index (χ1v) is 20.9. The normalized spacial score (nSPS) is 58.7. The van der Waals surface area contributed by atoms with E-state index < -0.39 is 96.8 Å². The molecule has 8 rings (SSSR count). The van der Waals surface area contributed by atoms with Crippen molar-refractivity contribution in [2.45, 2.75) is 197 Å². The summed E-state index contributed by atoms with van der Waals surface area (Å²) in [6, 6.07) is 0. The van der Waals surface area contributed by atoms with Gasteiger partial charge in [0.1, 0.15) is 42.7 Å². The third-order valence-corrected chi connectivity index (χ3v) is 17.7. The van der Waals surface area contributed by atoms with Crippen LogP contribution in [0.2, 0.25) is 0 Å². The van der Waals surface area contributed by atoms with Gasteiger partial charge in [-0.05, 0) is 117 Å². The summed E-state index contributed by atoms with van der Waals surface area (Å²) < 4.78 is 31.0. The first kappa shape index (κ1) is 41.2. The molecule has 14 heteroatoms. The number of hydrogen-bond acceptors (Lipinski definition) is 14. The summed E-state index contributed by atoms with van der Waals surface area (Å²) in [7, 11) is 0. The van der Waals surface area contributed by atoms with Crippen LogP contribution in [0.25, 0.3) is 0 Å². The van der Waals surface area contributed by atoms with Crippen molar-refractivity contribution in [3.8, 4) is 0 Å². The predicted octanol–water partition coefficient (Wildman–Crippen LogP) is 0.724. The minimum absolute atomic E-state index is 0.0321. The maximum atomic E-state index is 12.3. The molecule has 14 nitrogen and oxygen atoms in total. The largest absolute Gasteiger partial charge is 0.394 e. The van der Waals surface area contributed by atoms with Gasteiger partial charge in [-0.2, -0.15) is 0 Å². The Hall–Kier alpha value is -0.560. The second-order valence-corrected chi connectivity index (χ2v) is 21.0. The molecule has 8 fully saturated rings. The number of fused-ring (bicyclic) bond motifs is 2. The Kier molecular flexibility index (Phi) is 9.90. The molecule has 9 N–H and O–H groups in total. The molecular weight excluding hydrogens is 716 g/mol. The van der Waals surface area contributed by atoms with Gasteiger partial charge in [-0.25, -0.2) is 0 Å². The quantitative estimate of drug-likeness (QED) is 0.162. The molecule has 3 saturated heterocycles. The van der Waals surface area contributed by atoms with Crippen LogP contribution in [-0.2, 0) is 23.7 Å². The van der Waals surface area contributed by atoms with Crippen molar-refractivity contribution >= 4 is 0 Å². The van der Waals surface area contributed by atoms with Gasteiger partial charge in [0.25, 0.3) is 0 Å². The summed E-state index contributed by atoms with van der Waals surface area (Å²) in [5.74, 6) is -0.0233. The average molecular weight is 785 g/mol. The molecule has 5 aliphatic carbocycles. The number of aliphatic hydroxyl groups excluding tert-OH is 9. The third-order valence-electron chi connectivity index (χ3n) is 17.7. The molecule has 55 heavy (non-hydrogen) atoms. The zero-order valence-corrected chi connectivity index (χ0v) is 33.6. The van der Waals surface area contributed by atoms with E-state index in [1.165, 1.54) is 0 Å². The molecule has 2 spiro atoms. The van der Waals surface area contributed by atoms with E-state index in [4.69, 9.17) is 23.7 Å². The Labute approximate surface area is 324 Å². The molecule has 0 aromatic heterocycles. The van der Waals surface area contributed by atoms with Gasteiger partial charge < -0.3 is 69.6 Å². The standard InChI is InChI=1S/C41H68O14/c1-35(2)24(53-33-29(49)26(46)21(45)17-51-33)9-11-41-18-40(41)13-12-37(5)32(20(44)15-38(37,6)23(40)14-19(43)31(35)41)39(7)10-8-25(54-39)36(3,4)55-34-30(50)28(48)27(47)22(16-42)52-34/h19-34,42-50H,8-18H2,1-7H3/t19-,20-,21+,22+,23-,24-,25-,26-,27+,28-,29+,30+,31+,32-,33-,34-,37+,38-,39+,40-,41+/m0/s1. The van der Waals surface area contributed by atoms with Crippen molar-refractivity contribution in [3.63, 3.8) is 0 Å². The Morgan fingerprint density at radius 1 is 0.691 bits per heavy atom. The topological polar surface area (TPSA) is 228 Å². The highest BCUT2D eigenvalue weighted by molar-refractivity contribution is 5.33. The van der Waals surface area contributed by atoms with Crippen LogP contribution in [-0.4, -0.2) is 150 Å². The Morgan fingerprint density at radius 3 is 2.07 bits per heavy atom. The second kappa shape index (κ2) is 13.2. The maximum Gasteiger partial charge on any atom is 0.187 e. The lowest BCUT2D eigenvalue weighted by atomic mass is 9.41. The summed E-state index contributed by atoms with van der Waals surface area (Å²) in [6.45, 7) is 14.1. The van der Waals surface area contributed by atoms with Crippen LogP contribution in [0.5, 0.6) is 0 Å². The molecule has 0 unspecified atom stereocenters. The summed E-state index contributed by atoms with van der Waals surface area (Å²) in [6.07, 6.45) is -6.76. The van der Waals surface area contributed by atoms with Gasteiger partial charge in [0.15, 0.2) is 12.6 Å². The fourth-order valence-electron chi connectivity index (χ4n) is 15.0. The van der Waals surface area contributed by atoms with Crippen molar-refractivity contribution in [2.24, 2.45) is 44.8 Å². The van der Waals surface area contributed by atoms with Crippen molar-refractivity contribution in [3.05, 3.63) is 0 Å². The van der Waals surface area contributed by atoms with Gasteiger partial charge in [0.05, 0.1) is 48.8 Å². The summed E-state index contributed by atoms with van der Waals surface area (Å²) in [5.41, 5.74) is -2.74. The molecule has 3 heterocycles. The van der Waals surface area contributed by atoms with E-state index in [1.807, 2.05) is 13.8 Å². The molecule has 5 saturated carbocycles. The summed E-state index contributed by atoms with van der Waals surface area (Å²) in [4.78, 5) is 0. The van der Waals surface area contributed by atoms with E-state index in [0.717, 1.165) is 32.1 Å². The van der Waals surface area contributed by atoms with E-state index in [-0.39, 0.29) is 52.1 Å². The van der Waals surface area contributed by atoms with E-state index in [2.05, 4.69) is 34.6 Å². The predicted molar refractivity (Wildman–Crippen MR) is 194 cm³/mol. The molecule has 21 atom stereocenters. The Balaban J connectivity index is 0.998. The van der Waals surface area contributed by atoms with Gasteiger partial charge in [-0.1, -0.05) is 27.7 Å². The van der Waals surface area contributed by atoms with Gasteiger partial charge in [0.2, 0.25) is 0 Å². The monoisotopic (exact) mass is 784 g/mol. The minimum Gasteiger partial charge on any atom is -0.394 e. The van der Waals surface area contributed by atoms with Crippen molar-refractivity contribution in [2.75, 3.05) is 13.2 Å². The van der Waals surface area contributed by atoms with Crippen LogP contribution < -0.4 is 0 Å². The molecule has 8 aliphatic rings. The van der Waals surface area contributed by atoms with Gasteiger partial charge in [-0.15, -0.1) is 0 Å². The number of rotatable bonds is 7. The van der Waals surface area contributed by atoms with Crippen molar-refractivity contribution in [1.29, 1.82) is 0 Å². The lowest BCUT2D eigenvalue weighted by Gasteiger charge is -2.64. The minimum atomic E-state index is -1.55. The molecule has 3 aliphatic heterocycles. The van der Waals surface area contributed by atoms with Crippen LogP contribution in [0.1, 0.15) is 106 Å². The highest BCUT2D eigenvalue weighted by Gasteiger charge is 2.85. The SMILES string of the molecule is CC(C)(O[C@@H]1O[C@H](CO)[C@@H](O)[C@H](O)[C@H]1O)[C@@H]1CC[C@](C)([C@H]2[C@@H](O)C[C@@]3(C)[C@@H]4C[C@H](O)[C@@H]5C(C)(C)[C@@H](O[C@@H]6OC[C@@H](O)[C@H](O)[C@H]6O)CC[C@@]56C[C@@]46CC[C@]23C)O1. The van der Waals surface area contributed by atoms with Crippen LogP contribution in [0.4, 0.5) is 0 Å². The average Bonchev–Trinajstić information content (AvgIpc) is 3.47. The molecule has 0 amide bonds. The molecule has 0 aromatic carbocycles. The Morgan fingerprint density at radius 2 is 1.38 bits per heavy atom. The lowest BCUT2D eigenvalue weighted by molar-refractivity contribution is -0.334. The van der Waals surface area contributed by atoms with E-state index in [0.29, 0.717) is 25.7 Å². The zero-order chi connectivity index (χ0) is 40.1. The summed E-state index contributed by atoms with van der Waals surface area (Å²) in [5, 5.41) is 96.5. The Bertz CT molecular complexity index is 1460. The van der Waals surface area contributed by atoms with Gasteiger partial charge in [0, 0.05) is 5.92 Å².